The molecule has 7 nitrogen and oxygen atoms in total. The van der Waals surface area contributed by atoms with E-state index in [0.29, 0.717) is 11.9 Å². The van der Waals surface area contributed by atoms with Gasteiger partial charge in [-0.15, -0.1) is 0 Å². The molecule has 1 fully saturated rings. The Morgan fingerprint density at radius 2 is 2.00 bits per heavy atom. The Balaban J connectivity index is 1.71. The Kier molecular flexibility index (Phi) is 4.33. The van der Waals surface area contributed by atoms with Gasteiger partial charge in [0, 0.05) is 43.9 Å². The number of aliphatic imine (C=N–C) groups is 1. The number of rotatable bonds is 1. The van der Waals surface area contributed by atoms with Gasteiger partial charge in [0.2, 0.25) is 11.9 Å². The number of anilines is 1. The van der Waals surface area contributed by atoms with Crippen molar-refractivity contribution in [2.45, 2.75) is 32.4 Å². The third-order valence-corrected chi connectivity index (χ3v) is 5.36. The van der Waals surface area contributed by atoms with Gasteiger partial charge >= 0.3 is 0 Å². The van der Waals surface area contributed by atoms with Crippen LogP contribution in [0.3, 0.4) is 0 Å². The molecule has 0 aromatic carbocycles. The number of nitrogens with one attached hydrogen (secondary N) is 1. The molecular formula is C18H26N6O. The fourth-order valence-electron chi connectivity index (χ4n) is 3.85. The third-order valence-electron chi connectivity index (χ3n) is 5.36. The number of aromatic nitrogens is 2. The summed E-state index contributed by atoms with van der Waals surface area (Å²) in [7, 11) is 2.14. The van der Waals surface area contributed by atoms with Crippen LogP contribution in [0, 0.1) is 12.8 Å². The van der Waals surface area contributed by atoms with E-state index in [9.17, 15) is 4.79 Å². The highest BCUT2D eigenvalue weighted by atomic mass is 16.1. The van der Waals surface area contributed by atoms with Crippen molar-refractivity contribution in [2.24, 2.45) is 10.9 Å². The molecule has 3 heterocycles. The number of allylic oxidation sites excluding steroid dienone is 2. The number of hydrogen-bond donors (Lipinski definition) is 1. The monoisotopic (exact) mass is 342 g/mol. The number of hydrogen-bond acceptors (Lipinski definition) is 6. The van der Waals surface area contributed by atoms with Crippen molar-refractivity contribution in [2.75, 3.05) is 38.5 Å². The normalized spacial score (nSPS) is 26.8. The molecule has 0 spiro atoms. The van der Waals surface area contributed by atoms with Gasteiger partial charge in [-0.3, -0.25) is 14.7 Å². The fourth-order valence-corrected chi connectivity index (χ4v) is 3.85. The summed E-state index contributed by atoms with van der Waals surface area (Å²) in [5, 5.41) is 3.32. The number of fused-ring (bicyclic) bond motifs is 1. The van der Waals surface area contributed by atoms with E-state index in [2.05, 4.69) is 39.3 Å². The van der Waals surface area contributed by atoms with Gasteiger partial charge in [0.25, 0.3) is 5.56 Å². The molecule has 0 radical (unpaired) electrons. The van der Waals surface area contributed by atoms with Crippen LogP contribution in [0.4, 0.5) is 5.95 Å². The number of guanidine groups is 1. The van der Waals surface area contributed by atoms with Crippen LogP contribution in [0.1, 0.15) is 31.1 Å². The van der Waals surface area contributed by atoms with E-state index in [4.69, 9.17) is 4.99 Å². The summed E-state index contributed by atoms with van der Waals surface area (Å²) in [4.78, 5) is 26.8. The van der Waals surface area contributed by atoms with Crippen LogP contribution in [0.2, 0.25) is 0 Å². The fraction of sp³-hybridized carbons (Fsp3) is 0.611. The molecule has 1 aromatic heterocycles. The van der Waals surface area contributed by atoms with Crippen molar-refractivity contribution in [3.63, 3.8) is 0 Å². The number of nitrogens with zero attached hydrogens (tertiary/aromatic N) is 5. The highest BCUT2D eigenvalue weighted by Crippen LogP contribution is 2.33. The van der Waals surface area contributed by atoms with Gasteiger partial charge in [-0.05, 0) is 33.2 Å². The zero-order valence-corrected chi connectivity index (χ0v) is 15.0. The largest absolute Gasteiger partial charge is 0.340 e. The summed E-state index contributed by atoms with van der Waals surface area (Å²) in [5.41, 5.74) is 0.724. The van der Waals surface area contributed by atoms with Gasteiger partial charge in [-0.2, -0.15) is 0 Å². The van der Waals surface area contributed by atoms with E-state index >= 15 is 0 Å². The zero-order chi connectivity index (χ0) is 17.4. The van der Waals surface area contributed by atoms with Crippen LogP contribution >= 0.6 is 0 Å². The first-order chi connectivity index (χ1) is 12.1. The van der Waals surface area contributed by atoms with Gasteiger partial charge < -0.3 is 9.80 Å². The minimum atomic E-state index is -0.170. The second-order valence-corrected chi connectivity index (χ2v) is 7.26. The maximum atomic E-state index is 12.6. The summed E-state index contributed by atoms with van der Waals surface area (Å²) in [6, 6.07) is 1.60. The Labute approximate surface area is 148 Å². The molecule has 2 aliphatic heterocycles. The Hall–Kier alpha value is -2.15. The Bertz CT molecular complexity index is 759. The molecule has 1 N–H and O–H groups in total. The van der Waals surface area contributed by atoms with Crippen molar-refractivity contribution in [3.8, 4) is 0 Å². The van der Waals surface area contributed by atoms with E-state index < -0.39 is 0 Å². The lowest BCUT2D eigenvalue weighted by molar-refractivity contribution is 0.210. The third kappa shape index (κ3) is 3.20. The molecule has 3 aliphatic rings. The first-order valence-electron chi connectivity index (χ1n) is 9.15. The van der Waals surface area contributed by atoms with Gasteiger partial charge in [0.1, 0.15) is 6.17 Å². The maximum Gasteiger partial charge on any atom is 0.256 e. The first kappa shape index (κ1) is 16.3. The molecule has 134 valence electrons. The predicted molar refractivity (Wildman–Crippen MR) is 98.9 cm³/mol. The van der Waals surface area contributed by atoms with Crippen LogP contribution in [0.15, 0.2) is 28.0 Å². The van der Waals surface area contributed by atoms with Crippen LogP contribution in [0.5, 0.6) is 0 Å². The van der Waals surface area contributed by atoms with E-state index in [-0.39, 0.29) is 11.7 Å². The van der Waals surface area contributed by atoms with E-state index in [0.717, 1.165) is 57.1 Å². The second-order valence-electron chi connectivity index (χ2n) is 7.26. The predicted octanol–water partition coefficient (Wildman–Crippen LogP) is 1.44. The highest BCUT2D eigenvalue weighted by molar-refractivity contribution is 5.93. The van der Waals surface area contributed by atoms with Crippen molar-refractivity contribution in [1.29, 1.82) is 0 Å². The number of piperazine rings is 1. The molecule has 7 heteroatoms. The average Bonchev–Trinajstić information content (AvgIpc) is 2.62. The number of likely N-dealkylation sites (N-methyl/N-ethyl adjacent to an activating group) is 1. The SMILES string of the molecule is Cc1cc(=O)n2c(n1)NC(N1CCN(C)CC1)=N[C@H]2[C@@H]1CC=CCC1. The van der Waals surface area contributed by atoms with Crippen molar-refractivity contribution in [3.05, 3.63) is 34.3 Å². The Morgan fingerprint density at radius 3 is 2.72 bits per heavy atom. The second kappa shape index (κ2) is 6.63. The minimum Gasteiger partial charge on any atom is -0.340 e. The molecule has 0 unspecified atom stereocenters. The highest BCUT2D eigenvalue weighted by Gasteiger charge is 2.32. The molecule has 1 saturated heterocycles. The molecule has 0 bridgehead atoms. The molecule has 2 atom stereocenters. The molecule has 0 saturated carbocycles. The zero-order valence-electron chi connectivity index (χ0n) is 15.0. The maximum absolute atomic E-state index is 12.6. The standard InChI is InChI=1S/C18H26N6O/c1-13-12-15(25)24-16(14-6-4-3-5-7-14)20-17(21-18(24)19-13)23-10-8-22(2)9-11-23/h3-4,12,14,16H,5-11H2,1-2H3,(H,19,20,21)/t14-,16-/m1/s1. The Morgan fingerprint density at radius 1 is 1.20 bits per heavy atom. The van der Waals surface area contributed by atoms with Crippen molar-refractivity contribution in [1.82, 2.24) is 19.4 Å². The average molecular weight is 342 g/mol. The van der Waals surface area contributed by atoms with E-state index in [1.54, 1.807) is 10.6 Å². The molecule has 4 rings (SSSR count). The summed E-state index contributed by atoms with van der Waals surface area (Å²) >= 11 is 0. The van der Waals surface area contributed by atoms with Crippen LogP contribution in [-0.2, 0) is 0 Å². The van der Waals surface area contributed by atoms with Crippen LogP contribution in [-0.4, -0.2) is 58.5 Å². The van der Waals surface area contributed by atoms with E-state index in [1.807, 2.05) is 6.92 Å². The summed E-state index contributed by atoms with van der Waals surface area (Å²) in [6.45, 7) is 5.78. The molecule has 1 aromatic rings. The summed E-state index contributed by atoms with van der Waals surface area (Å²) < 4.78 is 1.75. The molecule has 1 aliphatic carbocycles. The van der Waals surface area contributed by atoms with Gasteiger partial charge in [0.05, 0.1) is 0 Å². The van der Waals surface area contributed by atoms with Gasteiger partial charge in [-0.1, -0.05) is 12.2 Å². The van der Waals surface area contributed by atoms with Crippen molar-refractivity contribution >= 4 is 11.9 Å². The summed E-state index contributed by atoms with van der Waals surface area (Å²) in [6.07, 6.45) is 7.34. The molecule has 25 heavy (non-hydrogen) atoms. The van der Waals surface area contributed by atoms with E-state index in [1.165, 1.54) is 0 Å². The molecular weight excluding hydrogens is 316 g/mol. The van der Waals surface area contributed by atoms with Gasteiger partial charge in [0.15, 0.2) is 0 Å². The summed E-state index contributed by atoms with van der Waals surface area (Å²) in [5.74, 6) is 1.84. The quantitative estimate of drug-likeness (QED) is 0.782. The molecule has 0 amide bonds. The smallest absolute Gasteiger partial charge is 0.256 e. The van der Waals surface area contributed by atoms with Crippen molar-refractivity contribution < 1.29 is 0 Å². The number of aryl methyl sites for hydroxylation is 1. The minimum absolute atomic E-state index is 0.0178. The van der Waals surface area contributed by atoms with Crippen LogP contribution in [0.25, 0.3) is 0 Å². The van der Waals surface area contributed by atoms with Gasteiger partial charge in [-0.25, -0.2) is 9.98 Å². The first-order valence-corrected chi connectivity index (χ1v) is 9.15. The lowest BCUT2D eigenvalue weighted by Crippen LogP contribution is -2.51. The lowest BCUT2D eigenvalue weighted by Gasteiger charge is -2.38. The topological polar surface area (TPSA) is 65.8 Å². The van der Waals surface area contributed by atoms with Crippen LogP contribution < -0.4 is 10.9 Å². The lowest BCUT2D eigenvalue weighted by atomic mass is 9.91.